The third-order valence-electron chi connectivity index (χ3n) is 6.94. The molecule has 0 amide bonds. The van der Waals surface area contributed by atoms with E-state index in [1.54, 1.807) is 14.2 Å². The molecule has 0 spiro atoms. The molecule has 0 saturated carbocycles. The Hall–Kier alpha value is -3.53. The third kappa shape index (κ3) is 7.06. The summed E-state index contributed by atoms with van der Waals surface area (Å²) in [7, 11) is 1.21. The molecule has 0 fully saturated rings. The lowest BCUT2D eigenvalue weighted by atomic mass is 9.92. The fourth-order valence-corrected chi connectivity index (χ4v) is 4.69. The first-order valence-corrected chi connectivity index (χ1v) is 15.6. The first-order chi connectivity index (χ1) is 18.0. The number of carbonyl (C=O) groups excluding carboxylic acids is 1. The van der Waals surface area contributed by atoms with Crippen LogP contribution in [-0.2, 0) is 20.6 Å². The molecule has 3 rings (SSSR count). The topological polar surface area (TPSA) is 54.0 Å². The summed E-state index contributed by atoms with van der Waals surface area (Å²) in [5.74, 6) is 7.15. The summed E-state index contributed by atoms with van der Waals surface area (Å²) in [6.07, 6.45) is -0.758. The molecule has 0 bridgehead atoms. The van der Waals surface area contributed by atoms with E-state index in [1.807, 2.05) is 66.7 Å². The van der Waals surface area contributed by atoms with E-state index in [0.29, 0.717) is 18.1 Å². The Morgan fingerprint density at radius 2 is 1.50 bits per heavy atom. The van der Waals surface area contributed by atoms with E-state index < -0.39 is 20.4 Å². The molecule has 0 unspecified atom stereocenters. The van der Waals surface area contributed by atoms with Crippen LogP contribution in [0.4, 0.5) is 0 Å². The van der Waals surface area contributed by atoms with Gasteiger partial charge in [0.1, 0.15) is 0 Å². The molecule has 5 nitrogen and oxygen atoms in total. The number of esters is 1. The average Bonchev–Trinajstić information content (AvgIpc) is 2.89. The summed E-state index contributed by atoms with van der Waals surface area (Å²) < 4.78 is 23.6. The van der Waals surface area contributed by atoms with Gasteiger partial charge in [0.25, 0.3) is 0 Å². The standard InChI is InChI=1S/C32H38O5Si/c1-23(33)37-29(19-18-24-14-10-9-11-15-24)27-17-13-12-16-26(27)28-21-31(35-6)30(34-5)20-25(28)22-36-38(7,8)32(2,3)4/h9-17,20-21,29H,22H2,1-8H3/t29-/m0/s1. The monoisotopic (exact) mass is 530 g/mol. The van der Waals surface area contributed by atoms with E-state index in [1.165, 1.54) is 6.92 Å². The number of hydrogen-bond acceptors (Lipinski definition) is 5. The van der Waals surface area contributed by atoms with Crippen molar-refractivity contribution < 1.29 is 23.4 Å². The minimum absolute atomic E-state index is 0.0646. The van der Waals surface area contributed by atoms with Crippen LogP contribution in [0.1, 0.15) is 50.5 Å². The zero-order valence-electron chi connectivity index (χ0n) is 23.7. The molecule has 1 atom stereocenters. The van der Waals surface area contributed by atoms with Crippen LogP contribution in [0.3, 0.4) is 0 Å². The van der Waals surface area contributed by atoms with Crippen LogP contribution in [0.5, 0.6) is 11.5 Å². The van der Waals surface area contributed by atoms with E-state index in [2.05, 4.69) is 45.7 Å². The van der Waals surface area contributed by atoms with E-state index in [4.69, 9.17) is 18.6 Å². The second-order valence-electron chi connectivity index (χ2n) is 10.6. The lowest BCUT2D eigenvalue weighted by Gasteiger charge is -2.36. The van der Waals surface area contributed by atoms with E-state index in [9.17, 15) is 4.79 Å². The first-order valence-electron chi connectivity index (χ1n) is 12.7. The molecule has 0 N–H and O–H groups in total. The molecule has 0 saturated heterocycles. The number of rotatable bonds is 8. The second kappa shape index (κ2) is 12.3. The van der Waals surface area contributed by atoms with Gasteiger partial charge in [0.2, 0.25) is 0 Å². The van der Waals surface area contributed by atoms with Gasteiger partial charge < -0.3 is 18.6 Å². The molecule has 6 heteroatoms. The molecular weight excluding hydrogens is 492 g/mol. The van der Waals surface area contributed by atoms with Crippen molar-refractivity contribution in [2.24, 2.45) is 0 Å². The lowest BCUT2D eigenvalue weighted by Crippen LogP contribution is -2.40. The summed E-state index contributed by atoms with van der Waals surface area (Å²) in [6, 6.07) is 21.4. The SMILES string of the molecule is COc1cc(CO[Si](C)(C)C(C)(C)C)c(-c2ccccc2[C@H](C#Cc2ccccc2)OC(C)=O)cc1OC. The van der Waals surface area contributed by atoms with E-state index in [0.717, 1.165) is 27.8 Å². The van der Waals surface area contributed by atoms with Gasteiger partial charge in [-0.3, -0.25) is 4.79 Å². The summed E-state index contributed by atoms with van der Waals surface area (Å²) in [5.41, 5.74) is 4.38. The highest BCUT2D eigenvalue weighted by atomic mass is 28.4. The molecule has 3 aromatic rings. The molecular formula is C32H38O5Si. The summed E-state index contributed by atoms with van der Waals surface area (Å²) in [5, 5.41) is 0.0646. The first kappa shape index (κ1) is 29.0. The maximum Gasteiger partial charge on any atom is 0.304 e. The third-order valence-corrected chi connectivity index (χ3v) is 11.4. The maximum absolute atomic E-state index is 12.1. The van der Waals surface area contributed by atoms with Crippen LogP contribution >= 0.6 is 0 Å². The number of benzene rings is 3. The predicted molar refractivity (Wildman–Crippen MR) is 155 cm³/mol. The highest BCUT2D eigenvalue weighted by molar-refractivity contribution is 6.74. The van der Waals surface area contributed by atoms with Crippen LogP contribution in [0.25, 0.3) is 11.1 Å². The Morgan fingerprint density at radius 3 is 2.11 bits per heavy atom. The molecule has 0 aromatic heterocycles. The quantitative estimate of drug-likeness (QED) is 0.171. The largest absolute Gasteiger partial charge is 0.493 e. The van der Waals surface area contributed by atoms with Crippen LogP contribution in [0.15, 0.2) is 66.7 Å². The molecule has 3 aromatic carbocycles. The fraction of sp³-hybridized carbons (Fsp3) is 0.344. The van der Waals surface area contributed by atoms with E-state index >= 15 is 0 Å². The van der Waals surface area contributed by atoms with E-state index in [-0.39, 0.29) is 5.04 Å². The van der Waals surface area contributed by atoms with Crippen molar-refractivity contribution in [3.8, 4) is 34.5 Å². The van der Waals surface area contributed by atoms with Crippen LogP contribution in [0, 0.1) is 11.8 Å². The van der Waals surface area contributed by atoms with Gasteiger partial charge in [0, 0.05) is 18.1 Å². The smallest absolute Gasteiger partial charge is 0.304 e. The van der Waals surface area contributed by atoms with Crippen molar-refractivity contribution in [2.45, 2.75) is 58.5 Å². The maximum atomic E-state index is 12.1. The summed E-state index contributed by atoms with van der Waals surface area (Å²) in [4.78, 5) is 12.1. The van der Waals surface area contributed by atoms with Gasteiger partial charge in [-0.2, -0.15) is 0 Å². The van der Waals surface area contributed by atoms with Gasteiger partial charge in [0.05, 0.1) is 20.8 Å². The highest BCUT2D eigenvalue weighted by Gasteiger charge is 2.37. The summed E-state index contributed by atoms with van der Waals surface area (Å²) >= 11 is 0. The van der Waals surface area contributed by atoms with Crippen molar-refractivity contribution >= 4 is 14.3 Å². The van der Waals surface area contributed by atoms with Crippen molar-refractivity contribution in [1.82, 2.24) is 0 Å². The normalized spacial score (nSPS) is 12.2. The summed E-state index contributed by atoms with van der Waals surface area (Å²) in [6.45, 7) is 12.9. The zero-order chi connectivity index (χ0) is 27.9. The van der Waals surface area contributed by atoms with Crippen molar-refractivity contribution in [2.75, 3.05) is 14.2 Å². The van der Waals surface area contributed by atoms with Crippen molar-refractivity contribution in [3.63, 3.8) is 0 Å². The van der Waals surface area contributed by atoms with Gasteiger partial charge in [-0.1, -0.05) is 69.2 Å². The Kier molecular flexibility index (Phi) is 9.43. The Balaban J connectivity index is 2.16. The molecule has 0 aliphatic heterocycles. The van der Waals surface area contributed by atoms with Crippen LogP contribution in [-0.4, -0.2) is 28.5 Å². The van der Waals surface area contributed by atoms with Gasteiger partial charge >= 0.3 is 5.97 Å². The molecule has 0 radical (unpaired) electrons. The molecule has 0 heterocycles. The van der Waals surface area contributed by atoms with Gasteiger partial charge in [0.15, 0.2) is 25.9 Å². The average molecular weight is 531 g/mol. The molecule has 0 aliphatic rings. The minimum atomic E-state index is -2.03. The van der Waals surface area contributed by atoms with Crippen LogP contribution in [0.2, 0.25) is 18.1 Å². The number of carbonyl (C=O) groups is 1. The zero-order valence-corrected chi connectivity index (χ0v) is 24.7. The Morgan fingerprint density at radius 1 is 0.895 bits per heavy atom. The molecule has 38 heavy (non-hydrogen) atoms. The minimum Gasteiger partial charge on any atom is -0.493 e. The number of hydrogen-bond donors (Lipinski definition) is 0. The van der Waals surface area contributed by atoms with Gasteiger partial charge in [-0.15, -0.1) is 0 Å². The predicted octanol–water partition coefficient (Wildman–Crippen LogP) is 7.55. The highest BCUT2D eigenvalue weighted by Crippen LogP contribution is 2.41. The van der Waals surface area contributed by atoms with Gasteiger partial charge in [-0.25, -0.2) is 0 Å². The van der Waals surface area contributed by atoms with Crippen LogP contribution < -0.4 is 9.47 Å². The Labute approximate surface area is 228 Å². The number of methoxy groups -OCH3 is 2. The van der Waals surface area contributed by atoms with Gasteiger partial charge in [-0.05, 0) is 65.0 Å². The molecule has 200 valence electrons. The fourth-order valence-electron chi connectivity index (χ4n) is 3.74. The number of ether oxygens (including phenoxy) is 3. The van der Waals surface area contributed by atoms with Crippen molar-refractivity contribution in [1.29, 1.82) is 0 Å². The van der Waals surface area contributed by atoms with Crippen molar-refractivity contribution in [3.05, 3.63) is 83.4 Å². The second-order valence-corrected chi connectivity index (χ2v) is 15.4. The lowest BCUT2D eigenvalue weighted by molar-refractivity contribution is -0.144. The molecule has 0 aliphatic carbocycles. The Bertz CT molecular complexity index is 1310.